The molecule has 0 radical (unpaired) electrons. The van der Waals surface area contributed by atoms with Gasteiger partial charge in [0.05, 0.1) is 5.69 Å². The van der Waals surface area contributed by atoms with Crippen LogP contribution in [-0.2, 0) is 6.54 Å². The monoisotopic (exact) mass is 376 g/mol. The molecule has 0 saturated carbocycles. The van der Waals surface area contributed by atoms with Gasteiger partial charge in [0.1, 0.15) is 5.82 Å². The van der Waals surface area contributed by atoms with Crippen LogP contribution in [0.4, 0.5) is 0 Å². The summed E-state index contributed by atoms with van der Waals surface area (Å²) in [6.07, 6.45) is 24.8. The lowest BCUT2D eigenvalue weighted by Crippen LogP contribution is -2.06. The summed E-state index contributed by atoms with van der Waals surface area (Å²) in [6, 6.07) is 0. The smallest absolute Gasteiger partial charge is 0.111 e. The van der Waals surface area contributed by atoms with Gasteiger partial charge < -0.3 is 4.57 Å². The Morgan fingerprint density at radius 2 is 1.22 bits per heavy atom. The predicted octanol–water partition coefficient (Wildman–Crippen LogP) is 8.58. The molecule has 0 fully saturated rings. The van der Waals surface area contributed by atoms with Crippen LogP contribution in [0, 0.1) is 6.92 Å². The van der Waals surface area contributed by atoms with Crippen molar-refractivity contribution in [3.63, 3.8) is 0 Å². The number of aromatic nitrogens is 2. The summed E-state index contributed by atoms with van der Waals surface area (Å²) in [6.45, 7) is 10.1. The molecule has 2 heteroatoms. The minimum absolute atomic E-state index is 0.600. The van der Waals surface area contributed by atoms with Crippen LogP contribution in [0.25, 0.3) is 0 Å². The first-order valence-corrected chi connectivity index (χ1v) is 12.2. The molecule has 2 nitrogen and oxygen atoms in total. The predicted molar refractivity (Wildman–Crippen MR) is 121 cm³/mol. The summed E-state index contributed by atoms with van der Waals surface area (Å²) in [5.74, 6) is 1.91. The Morgan fingerprint density at radius 3 is 1.70 bits per heavy atom. The van der Waals surface area contributed by atoms with Gasteiger partial charge in [0.25, 0.3) is 0 Å². The molecule has 0 aromatic carbocycles. The molecule has 1 rings (SSSR count). The fourth-order valence-electron chi connectivity index (χ4n) is 4.15. The van der Waals surface area contributed by atoms with Gasteiger partial charge in [0, 0.05) is 18.7 Å². The van der Waals surface area contributed by atoms with Crippen molar-refractivity contribution in [1.82, 2.24) is 9.55 Å². The molecule has 0 bridgehead atoms. The van der Waals surface area contributed by atoms with Crippen molar-refractivity contribution in [3.8, 4) is 0 Å². The first-order chi connectivity index (χ1) is 13.2. The summed E-state index contributed by atoms with van der Waals surface area (Å²) < 4.78 is 2.38. The largest absolute Gasteiger partial charge is 0.334 e. The summed E-state index contributed by atoms with van der Waals surface area (Å²) in [5.41, 5.74) is 1.17. The highest BCUT2D eigenvalue weighted by atomic mass is 15.1. The third-order valence-corrected chi connectivity index (χ3v) is 5.82. The lowest BCUT2D eigenvalue weighted by atomic mass is 10.0. The second kappa shape index (κ2) is 16.2. The van der Waals surface area contributed by atoms with Gasteiger partial charge >= 0.3 is 0 Å². The number of nitrogens with zero attached hydrogens (tertiary/aromatic N) is 2. The average Bonchev–Trinajstić information content (AvgIpc) is 3.02. The molecular weight excluding hydrogens is 328 g/mol. The van der Waals surface area contributed by atoms with Crippen molar-refractivity contribution >= 4 is 0 Å². The molecule has 1 heterocycles. The maximum atomic E-state index is 4.78. The molecule has 1 atom stereocenters. The molecule has 1 aromatic heterocycles. The summed E-state index contributed by atoms with van der Waals surface area (Å²) in [4.78, 5) is 4.78. The van der Waals surface area contributed by atoms with E-state index >= 15 is 0 Å². The summed E-state index contributed by atoms with van der Waals surface area (Å²) in [7, 11) is 0. The number of imidazole rings is 1. The van der Waals surface area contributed by atoms with Crippen molar-refractivity contribution in [2.24, 2.45) is 0 Å². The van der Waals surface area contributed by atoms with Crippen molar-refractivity contribution in [3.05, 3.63) is 17.7 Å². The molecule has 0 aliphatic carbocycles. The van der Waals surface area contributed by atoms with Gasteiger partial charge in [-0.3, -0.25) is 0 Å². The average molecular weight is 377 g/mol. The quantitative estimate of drug-likeness (QED) is 0.234. The second-order valence-corrected chi connectivity index (χ2v) is 8.72. The highest BCUT2D eigenvalue weighted by Gasteiger charge is 2.12. The molecule has 0 aliphatic rings. The molecular formula is C25H48N2. The molecule has 0 amide bonds. The third-order valence-electron chi connectivity index (χ3n) is 5.82. The molecule has 0 spiro atoms. The van der Waals surface area contributed by atoms with E-state index in [2.05, 4.69) is 38.5 Å². The molecule has 1 aromatic rings. The number of unbranched alkanes of at least 4 members (excludes halogenated alkanes) is 13. The Kier molecular flexibility index (Phi) is 14.5. The van der Waals surface area contributed by atoms with Gasteiger partial charge in [-0.15, -0.1) is 0 Å². The lowest BCUT2D eigenvalue weighted by Gasteiger charge is -2.13. The van der Waals surface area contributed by atoms with Crippen molar-refractivity contribution in [2.45, 2.75) is 143 Å². The van der Waals surface area contributed by atoms with Crippen LogP contribution >= 0.6 is 0 Å². The van der Waals surface area contributed by atoms with E-state index in [1.807, 2.05) is 0 Å². The van der Waals surface area contributed by atoms with Gasteiger partial charge in [-0.2, -0.15) is 0 Å². The minimum Gasteiger partial charge on any atom is -0.334 e. The van der Waals surface area contributed by atoms with E-state index in [4.69, 9.17) is 4.98 Å². The van der Waals surface area contributed by atoms with Crippen LogP contribution in [0.1, 0.15) is 141 Å². The highest BCUT2D eigenvalue weighted by molar-refractivity contribution is 5.06. The van der Waals surface area contributed by atoms with Crippen LogP contribution in [-0.4, -0.2) is 9.55 Å². The van der Waals surface area contributed by atoms with Crippen molar-refractivity contribution in [1.29, 1.82) is 0 Å². The zero-order valence-electron chi connectivity index (χ0n) is 19.1. The number of hydrogen-bond donors (Lipinski definition) is 0. The van der Waals surface area contributed by atoms with E-state index in [1.54, 1.807) is 0 Å². The van der Waals surface area contributed by atoms with E-state index in [0.29, 0.717) is 5.92 Å². The Balaban J connectivity index is 1.94. The SMILES string of the molecule is CCCCCCCCCCCCCCCCC(C)c1nc(C)cn1CCC. The second-order valence-electron chi connectivity index (χ2n) is 8.72. The maximum Gasteiger partial charge on any atom is 0.111 e. The van der Waals surface area contributed by atoms with Gasteiger partial charge in [-0.05, 0) is 19.8 Å². The third kappa shape index (κ3) is 11.6. The van der Waals surface area contributed by atoms with Gasteiger partial charge in [-0.25, -0.2) is 4.98 Å². The number of hydrogen-bond acceptors (Lipinski definition) is 1. The van der Waals surface area contributed by atoms with Crippen LogP contribution in [0.5, 0.6) is 0 Å². The Labute approximate surface area is 170 Å². The highest BCUT2D eigenvalue weighted by Crippen LogP contribution is 2.22. The van der Waals surface area contributed by atoms with Crippen LogP contribution in [0.15, 0.2) is 6.20 Å². The van der Waals surface area contributed by atoms with Crippen LogP contribution in [0.2, 0.25) is 0 Å². The summed E-state index contributed by atoms with van der Waals surface area (Å²) >= 11 is 0. The van der Waals surface area contributed by atoms with Gasteiger partial charge in [0.15, 0.2) is 0 Å². The number of aryl methyl sites for hydroxylation is 2. The lowest BCUT2D eigenvalue weighted by molar-refractivity contribution is 0.508. The Bertz CT molecular complexity index is 449. The molecule has 0 N–H and O–H groups in total. The molecule has 158 valence electrons. The van der Waals surface area contributed by atoms with Gasteiger partial charge in [0.2, 0.25) is 0 Å². The minimum atomic E-state index is 0.600. The normalized spacial score (nSPS) is 12.6. The van der Waals surface area contributed by atoms with Crippen molar-refractivity contribution in [2.75, 3.05) is 0 Å². The zero-order valence-corrected chi connectivity index (χ0v) is 19.1. The molecule has 1 unspecified atom stereocenters. The maximum absolute atomic E-state index is 4.78. The fraction of sp³-hybridized carbons (Fsp3) is 0.880. The Hall–Kier alpha value is -0.790. The van der Waals surface area contributed by atoms with E-state index in [1.165, 1.54) is 114 Å². The van der Waals surface area contributed by atoms with E-state index in [-0.39, 0.29) is 0 Å². The van der Waals surface area contributed by atoms with Gasteiger partial charge in [-0.1, -0.05) is 111 Å². The topological polar surface area (TPSA) is 17.8 Å². The zero-order chi connectivity index (χ0) is 19.7. The van der Waals surface area contributed by atoms with Crippen molar-refractivity contribution < 1.29 is 0 Å². The molecule has 0 aliphatic heterocycles. The Morgan fingerprint density at radius 1 is 0.741 bits per heavy atom. The first kappa shape index (κ1) is 24.2. The van der Waals surface area contributed by atoms with Crippen LogP contribution in [0.3, 0.4) is 0 Å². The van der Waals surface area contributed by atoms with E-state index < -0.39 is 0 Å². The number of rotatable bonds is 18. The van der Waals surface area contributed by atoms with E-state index in [9.17, 15) is 0 Å². The first-order valence-electron chi connectivity index (χ1n) is 12.2. The van der Waals surface area contributed by atoms with E-state index in [0.717, 1.165) is 6.54 Å². The fourth-order valence-corrected chi connectivity index (χ4v) is 4.15. The summed E-state index contributed by atoms with van der Waals surface area (Å²) in [5, 5.41) is 0. The standard InChI is InChI=1S/C25H48N2/c1-5-7-8-9-10-11-12-13-14-15-16-17-18-19-20-23(3)25-26-24(4)22-27(25)21-6-2/h22-23H,5-21H2,1-4H3. The molecule has 0 saturated heterocycles. The van der Waals surface area contributed by atoms with Crippen LogP contribution < -0.4 is 0 Å². The molecule has 27 heavy (non-hydrogen) atoms.